The Labute approximate surface area is 117 Å². The van der Waals surface area contributed by atoms with Crippen LogP contribution in [0.3, 0.4) is 0 Å². The number of methoxy groups -OCH3 is 3. The Balaban J connectivity index is 2.13. The Morgan fingerprint density at radius 2 is 2.00 bits per heavy atom. The van der Waals surface area contributed by atoms with Crippen LogP contribution in [0.4, 0.5) is 0 Å². The smallest absolute Gasteiger partial charge is 0.334 e. The minimum Gasteiger partial charge on any atom is -0.466 e. The fraction of sp³-hybridized carbons (Fsp3) is 0.600. The molecule has 4 aliphatic rings. The van der Waals surface area contributed by atoms with E-state index in [9.17, 15) is 9.59 Å². The molecule has 108 valence electrons. The van der Waals surface area contributed by atoms with Crippen molar-refractivity contribution in [3.05, 3.63) is 23.8 Å². The van der Waals surface area contributed by atoms with Crippen LogP contribution in [0, 0.1) is 23.7 Å². The molecule has 1 saturated carbocycles. The van der Waals surface area contributed by atoms with Gasteiger partial charge < -0.3 is 14.2 Å². The molecule has 1 fully saturated rings. The first-order valence-corrected chi connectivity index (χ1v) is 6.72. The summed E-state index contributed by atoms with van der Waals surface area (Å²) in [7, 11) is 4.29. The SMILES string of the molecule is COC(=O)C1=C[C@H]2[C@H]3CC=C[C@H]3[C@@H]1C(=O)C2(OC)OC. The summed E-state index contributed by atoms with van der Waals surface area (Å²) in [5.74, 6) is -2.39. The van der Waals surface area contributed by atoms with Crippen molar-refractivity contribution < 1.29 is 23.8 Å². The van der Waals surface area contributed by atoms with Crippen LogP contribution in [0.25, 0.3) is 0 Å². The van der Waals surface area contributed by atoms with Crippen LogP contribution in [-0.4, -0.2) is 38.9 Å². The minimum atomic E-state index is -1.27. The fourth-order valence-electron chi connectivity index (χ4n) is 4.02. The number of ether oxygens (including phenoxy) is 3. The summed E-state index contributed by atoms with van der Waals surface area (Å²) in [6.45, 7) is 0. The van der Waals surface area contributed by atoms with Crippen LogP contribution in [0.15, 0.2) is 23.8 Å². The lowest BCUT2D eigenvalue weighted by atomic mass is 9.57. The molecule has 4 aliphatic carbocycles. The van der Waals surface area contributed by atoms with Gasteiger partial charge in [0.05, 0.1) is 13.0 Å². The highest BCUT2D eigenvalue weighted by atomic mass is 16.7. The highest BCUT2D eigenvalue weighted by molar-refractivity contribution is 6.03. The molecule has 0 aromatic carbocycles. The Kier molecular flexibility index (Phi) is 3.06. The maximum Gasteiger partial charge on any atom is 0.334 e. The Hall–Kier alpha value is -1.46. The van der Waals surface area contributed by atoms with Crippen molar-refractivity contribution in [2.24, 2.45) is 23.7 Å². The van der Waals surface area contributed by atoms with Crippen LogP contribution >= 0.6 is 0 Å². The molecule has 4 atom stereocenters. The number of esters is 1. The summed E-state index contributed by atoms with van der Waals surface area (Å²) >= 11 is 0. The van der Waals surface area contributed by atoms with Crippen molar-refractivity contribution in [2.45, 2.75) is 12.2 Å². The number of hydrogen-bond donors (Lipinski definition) is 0. The van der Waals surface area contributed by atoms with Crippen LogP contribution in [0.1, 0.15) is 6.42 Å². The average molecular weight is 278 g/mol. The van der Waals surface area contributed by atoms with Crippen LogP contribution in [0.2, 0.25) is 0 Å². The number of ketones is 1. The Bertz CT molecular complexity index is 514. The van der Waals surface area contributed by atoms with Crippen molar-refractivity contribution in [2.75, 3.05) is 21.3 Å². The third-order valence-corrected chi connectivity index (χ3v) is 4.89. The molecule has 2 bridgehead atoms. The van der Waals surface area contributed by atoms with Gasteiger partial charge in [0, 0.05) is 25.7 Å². The molecule has 0 radical (unpaired) electrons. The normalized spacial score (nSPS) is 36.8. The number of allylic oxidation sites excluding steroid dienone is 2. The van der Waals surface area contributed by atoms with Gasteiger partial charge in [-0.3, -0.25) is 4.79 Å². The van der Waals surface area contributed by atoms with E-state index in [0.717, 1.165) is 6.42 Å². The molecular formula is C15H18O5. The first kappa shape index (κ1) is 13.5. The number of fused-ring (bicyclic) bond motifs is 1. The van der Waals surface area contributed by atoms with E-state index in [1.54, 1.807) is 0 Å². The zero-order valence-corrected chi connectivity index (χ0v) is 11.8. The number of Topliss-reactive ketones (excluding diaryl/α,β-unsaturated/α-hetero) is 1. The van der Waals surface area contributed by atoms with Crippen LogP contribution in [-0.2, 0) is 23.8 Å². The lowest BCUT2D eigenvalue weighted by Gasteiger charge is -2.52. The monoisotopic (exact) mass is 278 g/mol. The molecule has 0 aromatic rings. The number of carbonyl (C=O) groups excluding carboxylic acids is 2. The summed E-state index contributed by atoms with van der Waals surface area (Å²) in [4.78, 5) is 24.7. The molecule has 4 rings (SSSR count). The second-order valence-corrected chi connectivity index (χ2v) is 5.46. The van der Waals surface area contributed by atoms with Gasteiger partial charge in [-0.25, -0.2) is 4.79 Å². The second-order valence-electron chi connectivity index (χ2n) is 5.46. The average Bonchev–Trinajstić information content (AvgIpc) is 2.97. The summed E-state index contributed by atoms with van der Waals surface area (Å²) < 4.78 is 15.7. The standard InChI is InChI=1S/C15H18O5/c1-18-14(17)10-7-11-8-5-4-6-9(8)12(10)13(16)15(11,19-2)20-3/h4,6-9,11-12H,5H2,1-3H3/t8-,9+,11-,12-/m0/s1. The highest BCUT2D eigenvalue weighted by Crippen LogP contribution is 2.56. The van der Waals surface area contributed by atoms with E-state index in [4.69, 9.17) is 14.2 Å². The van der Waals surface area contributed by atoms with E-state index in [0.29, 0.717) is 5.57 Å². The maximum atomic E-state index is 12.8. The molecule has 5 nitrogen and oxygen atoms in total. The van der Waals surface area contributed by atoms with Crippen molar-refractivity contribution in [1.29, 1.82) is 0 Å². The van der Waals surface area contributed by atoms with Crippen molar-refractivity contribution in [3.8, 4) is 0 Å². The molecule has 0 aliphatic heterocycles. The van der Waals surface area contributed by atoms with Crippen molar-refractivity contribution >= 4 is 11.8 Å². The molecule has 0 heterocycles. The van der Waals surface area contributed by atoms with Gasteiger partial charge in [0.25, 0.3) is 0 Å². The first-order chi connectivity index (χ1) is 9.60. The number of carbonyl (C=O) groups is 2. The quantitative estimate of drug-likeness (QED) is 0.439. The van der Waals surface area contributed by atoms with Gasteiger partial charge in [-0.05, 0) is 18.3 Å². The summed E-state index contributed by atoms with van der Waals surface area (Å²) in [5, 5.41) is 0. The molecule has 0 amide bonds. The summed E-state index contributed by atoms with van der Waals surface area (Å²) in [6, 6.07) is 0. The second kappa shape index (κ2) is 4.53. The van der Waals surface area contributed by atoms with Gasteiger partial charge in [-0.2, -0.15) is 0 Å². The molecule has 20 heavy (non-hydrogen) atoms. The third kappa shape index (κ3) is 1.45. The molecule has 0 unspecified atom stereocenters. The number of rotatable bonds is 3. The van der Waals surface area contributed by atoms with Gasteiger partial charge >= 0.3 is 5.97 Å². The lowest BCUT2D eigenvalue weighted by molar-refractivity contribution is -0.248. The van der Waals surface area contributed by atoms with E-state index in [-0.39, 0.29) is 23.5 Å². The first-order valence-electron chi connectivity index (χ1n) is 6.72. The predicted octanol–water partition coefficient (Wildman–Crippen LogP) is 1.10. The van der Waals surface area contributed by atoms with Gasteiger partial charge in [-0.1, -0.05) is 18.2 Å². The fourth-order valence-corrected chi connectivity index (χ4v) is 4.02. The van der Waals surface area contributed by atoms with E-state index >= 15 is 0 Å². The van der Waals surface area contributed by atoms with Gasteiger partial charge in [0.2, 0.25) is 11.6 Å². The van der Waals surface area contributed by atoms with Crippen LogP contribution < -0.4 is 0 Å². The van der Waals surface area contributed by atoms with E-state index < -0.39 is 17.7 Å². The zero-order chi connectivity index (χ0) is 14.5. The molecule has 0 aromatic heterocycles. The van der Waals surface area contributed by atoms with Crippen molar-refractivity contribution in [3.63, 3.8) is 0 Å². The summed E-state index contributed by atoms with van der Waals surface area (Å²) in [6.07, 6.45) is 6.79. The van der Waals surface area contributed by atoms with E-state index in [1.807, 2.05) is 12.2 Å². The third-order valence-electron chi connectivity index (χ3n) is 4.89. The Morgan fingerprint density at radius 1 is 1.30 bits per heavy atom. The van der Waals surface area contributed by atoms with Gasteiger partial charge in [-0.15, -0.1) is 0 Å². The Morgan fingerprint density at radius 3 is 2.60 bits per heavy atom. The molecule has 0 spiro atoms. The predicted molar refractivity (Wildman–Crippen MR) is 69.6 cm³/mol. The largest absolute Gasteiger partial charge is 0.466 e. The summed E-state index contributed by atoms with van der Waals surface area (Å²) in [5.41, 5.74) is 0.444. The minimum absolute atomic E-state index is 0.0463. The van der Waals surface area contributed by atoms with E-state index in [1.165, 1.54) is 21.3 Å². The van der Waals surface area contributed by atoms with E-state index in [2.05, 4.69) is 6.08 Å². The maximum absolute atomic E-state index is 12.8. The number of hydrogen-bond acceptors (Lipinski definition) is 5. The molecule has 5 heteroatoms. The molecule has 0 saturated heterocycles. The van der Waals surface area contributed by atoms with Crippen LogP contribution in [0.5, 0.6) is 0 Å². The highest BCUT2D eigenvalue weighted by Gasteiger charge is 2.64. The lowest BCUT2D eigenvalue weighted by Crippen LogP contribution is -2.63. The topological polar surface area (TPSA) is 61.8 Å². The molecule has 0 N–H and O–H groups in total. The molecular weight excluding hydrogens is 260 g/mol. The zero-order valence-electron chi connectivity index (χ0n) is 11.8. The van der Waals surface area contributed by atoms with Crippen molar-refractivity contribution in [1.82, 2.24) is 0 Å². The van der Waals surface area contributed by atoms with Gasteiger partial charge in [0.15, 0.2) is 0 Å². The van der Waals surface area contributed by atoms with Gasteiger partial charge in [0.1, 0.15) is 0 Å².